The van der Waals surface area contributed by atoms with Gasteiger partial charge in [0.25, 0.3) is 5.91 Å². The lowest BCUT2D eigenvalue weighted by atomic mass is 10.0. The molecule has 1 fully saturated rings. The quantitative estimate of drug-likeness (QED) is 0.337. The number of fused-ring (bicyclic) bond motifs is 2. The standard InChI is InChI=1S/C21H23N7O.C2HF3O2/c1-12-4-5-13-16(8-12)28(3)27-17(13)15-10-24-19-18(25-15)14(9-23-19)20(29)26-21(2)6-7-22-11-21;3-2(4,5)1(6)7/h4-5,8-10,22H,6-7,11H2,1-3H3,(H,23,24)(H,26,29);(H,6,7). The number of aromatic nitrogens is 5. The number of carbonyl (C=O) groups is 2. The average molecular weight is 503 g/mol. The number of carbonyl (C=O) groups excluding carboxylic acids is 1. The lowest BCUT2D eigenvalue weighted by molar-refractivity contribution is -0.192. The van der Waals surface area contributed by atoms with Crippen LogP contribution in [0.5, 0.6) is 0 Å². The number of alkyl halides is 3. The molecule has 0 spiro atoms. The van der Waals surface area contributed by atoms with E-state index in [1.807, 2.05) is 11.7 Å². The largest absolute Gasteiger partial charge is 0.490 e. The molecule has 5 rings (SSSR count). The SMILES string of the molecule is Cc1ccc2c(-c3cnc4[nH]cc(C(=O)NC5(C)CCNC5)c4n3)nn(C)c2c1.O=C(O)C(F)(F)F. The smallest absolute Gasteiger partial charge is 0.475 e. The number of carboxylic acid groups (broad SMARTS) is 1. The summed E-state index contributed by atoms with van der Waals surface area (Å²) in [5.41, 5.74) is 5.01. The Morgan fingerprint density at radius 1 is 1.28 bits per heavy atom. The Kier molecular flexibility index (Phi) is 6.43. The molecule has 36 heavy (non-hydrogen) atoms. The minimum atomic E-state index is -5.08. The first kappa shape index (κ1) is 25.1. The van der Waals surface area contributed by atoms with Crippen LogP contribution in [-0.4, -0.2) is 66.5 Å². The summed E-state index contributed by atoms with van der Waals surface area (Å²) in [6.07, 6.45) is -0.808. The van der Waals surface area contributed by atoms with Crippen LogP contribution in [0, 0.1) is 6.92 Å². The van der Waals surface area contributed by atoms with Crippen LogP contribution in [0.1, 0.15) is 29.3 Å². The summed E-state index contributed by atoms with van der Waals surface area (Å²) in [6, 6.07) is 6.21. The van der Waals surface area contributed by atoms with Gasteiger partial charge in [0, 0.05) is 25.2 Å². The first-order valence-electron chi connectivity index (χ1n) is 11.0. The Labute approximate surface area is 202 Å². The molecule has 4 heterocycles. The van der Waals surface area contributed by atoms with Crippen LogP contribution in [0.2, 0.25) is 0 Å². The second kappa shape index (κ2) is 9.22. The molecule has 190 valence electrons. The summed E-state index contributed by atoms with van der Waals surface area (Å²) in [5, 5.41) is 19.2. The molecule has 0 saturated carbocycles. The topological polar surface area (TPSA) is 138 Å². The molecule has 0 radical (unpaired) electrons. The highest BCUT2D eigenvalue weighted by Gasteiger charge is 2.38. The predicted molar refractivity (Wildman–Crippen MR) is 125 cm³/mol. The van der Waals surface area contributed by atoms with Gasteiger partial charge in [-0.25, -0.2) is 14.8 Å². The van der Waals surface area contributed by atoms with Crippen LogP contribution in [0.4, 0.5) is 13.2 Å². The van der Waals surface area contributed by atoms with Crippen molar-refractivity contribution >= 4 is 33.9 Å². The van der Waals surface area contributed by atoms with E-state index in [2.05, 4.69) is 57.7 Å². The Hall–Kier alpha value is -4.00. The van der Waals surface area contributed by atoms with Crippen molar-refractivity contribution in [3.63, 3.8) is 0 Å². The molecule has 1 saturated heterocycles. The molecule has 4 aromatic rings. The zero-order chi connectivity index (χ0) is 26.3. The van der Waals surface area contributed by atoms with Crippen LogP contribution < -0.4 is 10.6 Å². The monoisotopic (exact) mass is 503 g/mol. The van der Waals surface area contributed by atoms with Crippen molar-refractivity contribution < 1.29 is 27.9 Å². The number of aliphatic carboxylic acids is 1. The van der Waals surface area contributed by atoms with Crippen LogP contribution in [-0.2, 0) is 11.8 Å². The van der Waals surface area contributed by atoms with Gasteiger partial charge in [0.05, 0.1) is 22.8 Å². The first-order chi connectivity index (χ1) is 16.9. The summed E-state index contributed by atoms with van der Waals surface area (Å²) >= 11 is 0. The Balaban J connectivity index is 0.000000384. The van der Waals surface area contributed by atoms with E-state index in [0.29, 0.717) is 22.4 Å². The Morgan fingerprint density at radius 3 is 2.64 bits per heavy atom. The van der Waals surface area contributed by atoms with E-state index >= 15 is 0 Å². The van der Waals surface area contributed by atoms with E-state index in [9.17, 15) is 18.0 Å². The zero-order valence-corrected chi connectivity index (χ0v) is 19.7. The van der Waals surface area contributed by atoms with Gasteiger partial charge in [-0.05, 0) is 38.4 Å². The van der Waals surface area contributed by atoms with Gasteiger partial charge in [0.2, 0.25) is 0 Å². The lowest BCUT2D eigenvalue weighted by Crippen LogP contribution is -2.47. The summed E-state index contributed by atoms with van der Waals surface area (Å²) < 4.78 is 33.6. The number of nitrogens with zero attached hydrogens (tertiary/aromatic N) is 4. The van der Waals surface area contributed by atoms with E-state index in [0.717, 1.165) is 36.1 Å². The fraction of sp³-hybridized carbons (Fsp3) is 0.348. The van der Waals surface area contributed by atoms with Crippen LogP contribution in [0.3, 0.4) is 0 Å². The molecule has 1 aromatic carbocycles. The van der Waals surface area contributed by atoms with Gasteiger partial charge < -0.3 is 20.7 Å². The summed E-state index contributed by atoms with van der Waals surface area (Å²) in [6.45, 7) is 5.78. The number of H-pyrrole nitrogens is 1. The summed E-state index contributed by atoms with van der Waals surface area (Å²) in [7, 11) is 1.92. The van der Waals surface area contributed by atoms with Crippen LogP contribution in [0.15, 0.2) is 30.6 Å². The summed E-state index contributed by atoms with van der Waals surface area (Å²) in [5.74, 6) is -2.90. The number of rotatable bonds is 3. The number of hydrogen-bond donors (Lipinski definition) is 4. The maximum Gasteiger partial charge on any atom is 0.490 e. The minimum absolute atomic E-state index is 0.143. The number of amides is 1. The molecule has 13 heteroatoms. The molecular weight excluding hydrogens is 479 g/mol. The molecule has 1 amide bonds. The molecular formula is C23H24F3N7O3. The molecule has 1 aliphatic rings. The maximum atomic E-state index is 12.9. The Morgan fingerprint density at radius 2 is 2.00 bits per heavy atom. The lowest BCUT2D eigenvalue weighted by Gasteiger charge is -2.24. The van der Waals surface area contributed by atoms with E-state index in [1.54, 1.807) is 12.4 Å². The molecule has 3 aromatic heterocycles. The van der Waals surface area contributed by atoms with E-state index in [4.69, 9.17) is 14.9 Å². The van der Waals surface area contributed by atoms with Gasteiger partial charge in [0.15, 0.2) is 5.65 Å². The van der Waals surface area contributed by atoms with Crippen molar-refractivity contribution in [3.05, 3.63) is 41.7 Å². The van der Waals surface area contributed by atoms with Crippen molar-refractivity contribution in [2.24, 2.45) is 7.05 Å². The van der Waals surface area contributed by atoms with Crippen molar-refractivity contribution in [1.29, 1.82) is 0 Å². The summed E-state index contributed by atoms with van der Waals surface area (Å²) in [4.78, 5) is 34.1. The molecule has 0 bridgehead atoms. The second-order valence-corrected chi connectivity index (χ2v) is 8.89. The molecule has 1 atom stereocenters. The number of nitrogens with one attached hydrogen (secondary N) is 3. The highest BCUT2D eigenvalue weighted by Crippen LogP contribution is 2.28. The third-order valence-electron chi connectivity index (χ3n) is 5.90. The van der Waals surface area contributed by atoms with Crippen LogP contribution in [0.25, 0.3) is 33.5 Å². The number of carboxylic acids is 1. The number of hydrogen-bond acceptors (Lipinski definition) is 6. The molecule has 4 N–H and O–H groups in total. The van der Waals surface area contributed by atoms with E-state index in [-0.39, 0.29) is 11.4 Å². The third kappa shape index (κ3) is 5.00. The second-order valence-electron chi connectivity index (χ2n) is 8.89. The molecule has 1 unspecified atom stereocenters. The number of halogens is 3. The van der Waals surface area contributed by atoms with Gasteiger partial charge in [0.1, 0.15) is 16.9 Å². The van der Waals surface area contributed by atoms with Gasteiger partial charge in [-0.3, -0.25) is 9.48 Å². The number of aromatic amines is 1. The van der Waals surface area contributed by atoms with Crippen molar-refractivity contribution in [2.45, 2.75) is 32.0 Å². The third-order valence-corrected chi connectivity index (χ3v) is 5.90. The zero-order valence-electron chi connectivity index (χ0n) is 19.7. The van der Waals surface area contributed by atoms with E-state index < -0.39 is 12.1 Å². The Bertz CT molecular complexity index is 1450. The fourth-order valence-corrected chi connectivity index (χ4v) is 4.00. The minimum Gasteiger partial charge on any atom is -0.475 e. The highest BCUT2D eigenvalue weighted by atomic mass is 19.4. The predicted octanol–water partition coefficient (Wildman–Crippen LogP) is 2.94. The van der Waals surface area contributed by atoms with Crippen molar-refractivity contribution in [2.75, 3.05) is 13.1 Å². The highest BCUT2D eigenvalue weighted by molar-refractivity contribution is 6.05. The molecule has 10 nitrogen and oxygen atoms in total. The van der Waals surface area contributed by atoms with Crippen LogP contribution >= 0.6 is 0 Å². The van der Waals surface area contributed by atoms with Gasteiger partial charge in [-0.15, -0.1) is 0 Å². The number of benzene rings is 1. The van der Waals surface area contributed by atoms with Gasteiger partial charge >= 0.3 is 12.1 Å². The number of aryl methyl sites for hydroxylation is 2. The average Bonchev–Trinajstić information content (AvgIpc) is 3.50. The van der Waals surface area contributed by atoms with Gasteiger partial charge in [-0.2, -0.15) is 18.3 Å². The van der Waals surface area contributed by atoms with Crippen molar-refractivity contribution in [1.82, 2.24) is 35.4 Å². The molecule has 1 aliphatic heterocycles. The normalized spacial score (nSPS) is 17.7. The van der Waals surface area contributed by atoms with Crippen molar-refractivity contribution in [3.8, 4) is 11.4 Å². The maximum absolute atomic E-state index is 12.9. The molecule has 0 aliphatic carbocycles. The van der Waals surface area contributed by atoms with Gasteiger partial charge in [-0.1, -0.05) is 12.1 Å². The fourth-order valence-electron chi connectivity index (χ4n) is 4.00. The van der Waals surface area contributed by atoms with E-state index in [1.165, 1.54) is 5.56 Å². The first-order valence-corrected chi connectivity index (χ1v) is 11.0.